The lowest BCUT2D eigenvalue weighted by Crippen LogP contribution is -2.19. The predicted molar refractivity (Wildman–Crippen MR) is 69.8 cm³/mol. The predicted octanol–water partition coefficient (Wildman–Crippen LogP) is 1.63. The average Bonchev–Trinajstić information content (AvgIpc) is 3.05. The summed E-state index contributed by atoms with van der Waals surface area (Å²) in [6.07, 6.45) is 5.82. The Morgan fingerprint density at radius 1 is 1.00 bits per heavy atom. The number of fused-ring (bicyclic) bond motifs is 3. The number of aromatic nitrogens is 5. The minimum atomic E-state index is 0.819. The first-order valence-corrected chi connectivity index (χ1v) is 6.72. The Morgan fingerprint density at radius 3 is 2.72 bits per heavy atom. The molecule has 4 rings (SSSR count). The first kappa shape index (κ1) is 10.1. The second-order valence-electron chi connectivity index (χ2n) is 4.30. The van der Waals surface area contributed by atoms with E-state index in [0.717, 1.165) is 39.5 Å². The molecule has 0 aromatic carbocycles. The molecule has 4 heterocycles. The highest BCUT2D eigenvalue weighted by atomic mass is 32.1. The smallest absolute Gasteiger partial charge is 0.172 e. The zero-order valence-corrected chi connectivity index (χ0v) is 10.4. The number of thiophene rings is 1. The van der Waals surface area contributed by atoms with Crippen molar-refractivity contribution in [1.29, 1.82) is 0 Å². The molecule has 1 saturated heterocycles. The minimum Gasteiger partial charge on any atom is -0.354 e. The molecule has 0 radical (unpaired) electrons. The van der Waals surface area contributed by atoms with E-state index in [2.05, 4.69) is 30.3 Å². The van der Waals surface area contributed by atoms with Crippen LogP contribution in [0.2, 0.25) is 0 Å². The molecule has 7 heteroatoms. The highest BCUT2D eigenvalue weighted by Gasteiger charge is 2.20. The second-order valence-corrected chi connectivity index (χ2v) is 5.30. The van der Waals surface area contributed by atoms with E-state index in [9.17, 15) is 0 Å². The van der Waals surface area contributed by atoms with Gasteiger partial charge < -0.3 is 4.90 Å². The third-order valence-electron chi connectivity index (χ3n) is 3.20. The molecule has 0 saturated carbocycles. The van der Waals surface area contributed by atoms with Gasteiger partial charge in [-0.2, -0.15) is 0 Å². The maximum atomic E-state index is 4.34. The summed E-state index contributed by atoms with van der Waals surface area (Å²) in [7, 11) is 0. The van der Waals surface area contributed by atoms with Crippen LogP contribution in [-0.4, -0.2) is 38.5 Å². The fourth-order valence-corrected chi connectivity index (χ4v) is 3.40. The lowest BCUT2D eigenvalue weighted by Gasteiger charge is -2.14. The molecular formula is C11H10N6S. The molecule has 0 N–H and O–H groups in total. The van der Waals surface area contributed by atoms with E-state index in [1.54, 1.807) is 23.7 Å². The normalized spacial score (nSPS) is 15.9. The van der Waals surface area contributed by atoms with Crippen LogP contribution in [0.5, 0.6) is 0 Å². The van der Waals surface area contributed by atoms with Gasteiger partial charge in [-0.25, -0.2) is 9.97 Å². The standard InChI is InChI=1S/C11H10N6S/c1-2-6-17(5-1)10-9-7(14-16-15-10)8-11(18-9)13-4-3-12-8/h3-4H,1-2,5-6H2. The van der Waals surface area contributed by atoms with Crippen molar-refractivity contribution in [2.75, 3.05) is 18.0 Å². The summed E-state index contributed by atoms with van der Waals surface area (Å²) in [4.78, 5) is 11.8. The monoisotopic (exact) mass is 258 g/mol. The first-order chi connectivity index (χ1) is 8.93. The summed E-state index contributed by atoms with van der Waals surface area (Å²) >= 11 is 1.59. The maximum Gasteiger partial charge on any atom is 0.172 e. The summed E-state index contributed by atoms with van der Waals surface area (Å²) in [6, 6.07) is 0. The summed E-state index contributed by atoms with van der Waals surface area (Å²) in [5.74, 6) is 0.933. The molecule has 3 aromatic rings. The topological polar surface area (TPSA) is 67.7 Å². The van der Waals surface area contributed by atoms with E-state index in [-0.39, 0.29) is 0 Å². The fraction of sp³-hybridized carbons (Fsp3) is 0.364. The Morgan fingerprint density at radius 2 is 1.83 bits per heavy atom. The molecule has 6 nitrogen and oxygen atoms in total. The summed E-state index contributed by atoms with van der Waals surface area (Å²) in [5, 5.41) is 12.2. The van der Waals surface area contributed by atoms with E-state index in [1.807, 2.05) is 0 Å². The Hall–Kier alpha value is -1.89. The van der Waals surface area contributed by atoms with Gasteiger partial charge >= 0.3 is 0 Å². The Bertz CT molecular complexity index is 718. The molecule has 18 heavy (non-hydrogen) atoms. The molecule has 0 spiro atoms. The van der Waals surface area contributed by atoms with Crippen LogP contribution < -0.4 is 4.90 Å². The van der Waals surface area contributed by atoms with Crippen LogP contribution in [0.4, 0.5) is 5.82 Å². The molecule has 1 aliphatic rings. The molecule has 0 unspecified atom stereocenters. The van der Waals surface area contributed by atoms with Gasteiger partial charge in [-0.15, -0.1) is 21.5 Å². The molecule has 0 aliphatic carbocycles. The van der Waals surface area contributed by atoms with Crippen molar-refractivity contribution >= 4 is 37.7 Å². The van der Waals surface area contributed by atoms with Gasteiger partial charge in [0.15, 0.2) is 5.82 Å². The van der Waals surface area contributed by atoms with Crippen LogP contribution in [0.25, 0.3) is 20.6 Å². The van der Waals surface area contributed by atoms with E-state index >= 15 is 0 Å². The summed E-state index contributed by atoms with van der Waals surface area (Å²) < 4.78 is 1.05. The third-order valence-corrected chi connectivity index (χ3v) is 4.27. The van der Waals surface area contributed by atoms with Crippen molar-refractivity contribution in [3.05, 3.63) is 12.4 Å². The molecule has 1 fully saturated rings. The van der Waals surface area contributed by atoms with Crippen LogP contribution in [0, 0.1) is 0 Å². The summed E-state index contributed by atoms with van der Waals surface area (Å²) in [6.45, 7) is 2.09. The van der Waals surface area contributed by atoms with Gasteiger partial charge in [0.25, 0.3) is 0 Å². The van der Waals surface area contributed by atoms with E-state index in [4.69, 9.17) is 0 Å². The Balaban J connectivity index is 2.03. The lowest BCUT2D eigenvalue weighted by molar-refractivity contribution is 0.848. The Kier molecular flexibility index (Phi) is 2.13. The van der Waals surface area contributed by atoms with Gasteiger partial charge in [0.05, 0.1) is 0 Å². The molecule has 90 valence electrons. The van der Waals surface area contributed by atoms with Crippen LogP contribution in [-0.2, 0) is 0 Å². The highest BCUT2D eigenvalue weighted by Crippen LogP contribution is 2.35. The van der Waals surface area contributed by atoms with Crippen molar-refractivity contribution in [3.8, 4) is 0 Å². The van der Waals surface area contributed by atoms with Crippen LogP contribution in [0.15, 0.2) is 12.4 Å². The largest absolute Gasteiger partial charge is 0.354 e. The zero-order valence-electron chi connectivity index (χ0n) is 9.57. The van der Waals surface area contributed by atoms with Crippen molar-refractivity contribution in [1.82, 2.24) is 25.4 Å². The van der Waals surface area contributed by atoms with Gasteiger partial charge in [-0.1, -0.05) is 0 Å². The highest BCUT2D eigenvalue weighted by molar-refractivity contribution is 7.25. The number of nitrogens with zero attached hydrogens (tertiary/aromatic N) is 6. The van der Waals surface area contributed by atoms with Gasteiger partial charge in [0.1, 0.15) is 20.6 Å². The van der Waals surface area contributed by atoms with Gasteiger partial charge in [-0.3, -0.25) is 0 Å². The lowest BCUT2D eigenvalue weighted by atomic mass is 10.4. The van der Waals surface area contributed by atoms with Crippen molar-refractivity contribution in [2.45, 2.75) is 12.8 Å². The third kappa shape index (κ3) is 1.37. The van der Waals surface area contributed by atoms with Crippen molar-refractivity contribution in [3.63, 3.8) is 0 Å². The van der Waals surface area contributed by atoms with E-state index in [0.29, 0.717) is 0 Å². The van der Waals surface area contributed by atoms with E-state index in [1.165, 1.54) is 12.8 Å². The summed E-state index contributed by atoms with van der Waals surface area (Å²) in [5.41, 5.74) is 1.65. The number of hydrogen-bond donors (Lipinski definition) is 0. The Labute approximate surface area is 107 Å². The molecule has 0 amide bonds. The minimum absolute atomic E-state index is 0.819. The quantitative estimate of drug-likeness (QED) is 0.661. The first-order valence-electron chi connectivity index (χ1n) is 5.91. The fourth-order valence-electron chi connectivity index (χ4n) is 2.35. The zero-order chi connectivity index (χ0) is 11.9. The van der Waals surface area contributed by atoms with Crippen LogP contribution >= 0.6 is 11.3 Å². The molecule has 0 atom stereocenters. The molecule has 0 bridgehead atoms. The molecule has 1 aliphatic heterocycles. The average molecular weight is 258 g/mol. The van der Waals surface area contributed by atoms with Crippen LogP contribution in [0.1, 0.15) is 12.8 Å². The molecule has 3 aromatic heterocycles. The second kappa shape index (κ2) is 3.81. The van der Waals surface area contributed by atoms with Gasteiger partial charge in [-0.05, 0) is 18.1 Å². The molecular weight excluding hydrogens is 248 g/mol. The number of hydrogen-bond acceptors (Lipinski definition) is 7. The van der Waals surface area contributed by atoms with Gasteiger partial charge in [0.2, 0.25) is 0 Å². The SMILES string of the molecule is c1cnc2c(n1)sc1c(N3CCCC3)nnnc12. The van der Waals surface area contributed by atoms with Crippen molar-refractivity contribution < 1.29 is 0 Å². The number of anilines is 1. The van der Waals surface area contributed by atoms with Crippen molar-refractivity contribution in [2.24, 2.45) is 0 Å². The van der Waals surface area contributed by atoms with Gasteiger partial charge in [0, 0.05) is 25.5 Å². The van der Waals surface area contributed by atoms with Crippen LogP contribution in [0.3, 0.4) is 0 Å². The number of rotatable bonds is 1. The van der Waals surface area contributed by atoms with E-state index < -0.39 is 0 Å². The maximum absolute atomic E-state index is 4.34.